The fourth-order valence-electron chi connectivity index (χ4n) is 1.32. The molecule has 2 aromatic rings. The molecule has 0 N–H and O–H groups in total. The van der Waals surface area contributed by atoms with Crippen molar-refractivity contribution >= 4 is 17.3 Å². The molecule has 0 atom stereocenters. The minimum atomic E-state index is -0.518. The normalized spacial score (nSPS) is 11.3. The van der Waals surface area contributed by atoms with E-state index in [2.05, 4.69) is 10.2 Å². The van der Waals surface area contributed by atoms with E-state index in [1.54, 1.807) is 0 Å². The summed E-state index contributed by atoms with van der Waals surface area (Å²) >= 11 is 1.24. The molecule has 0 aliphatic carbocycles. The van der Waals surface area contributed by atoms with Crippen LogP contribution in [-0.4, -0.2) is 21.8 Å². The van der Waals surface area contributed by atoms with E-state index >= 15 is 0 Å². The summed E-state index contributed by atoms with van der Waals surface area (Å²) < 4.78 is 5.24. The van der Waals surface area contributed by atoms with Gasteiger partial charge in [-0.1, -0.05) is 41.7 Å². The van der Waals surface area contributed by atoms with E-state index in [0.717, 1.165) is 10.6 Å². The first-order chi connectivity index (χ1) is 8.46. The summed E-state index contributed by atoms with van der Waals surface area (Å²) in [6, 6.07) is 9.63. The molecule has 1 aromatic heterocycles. The van der Waals surface area contributed by atoms with Gasteiger partial charge >= 0.3 is 5.97 Å². The molecule has 18 heavy (non-hydrogen) atoms. The number of carbonyl (C=O) groups excluding carboxylic acids is 1. The molecule has 0 bridgehead atoms. The van der Waals surface area contributed by atoms with Gasteiger partial charge in [-0.25, -0.2) is 4.79 Å². The molecule has 0 unspecified atom stereocenters. The number of esters is 1. The number of nitrogens with zero attached hydrogens (tertiary/aromatic N) is 2. The van der Waals surface area contributed by atoms with Gasteiger partial charge in [0, 0.05) is 5.56 Å². The Bertz CT molecular complexity index is 544. The molecule has 0 radical (unpaired) electrons. The molecule has 1 aromatic carbocycles. The summed E-state index contributed by atoms with van der Waals surface area (Å²) in [7, 11) is 0. The number of benzene rings is 1. The Balaban J connectivity index is 2.19. The third kappa shape index (κ3) is 3.13. The van der Waals surface area contributed by atoms with Crippen LogP contribution in [0.1, 0.15) is 30.6 Å². The quantitative estimate of drug-likeness (QED) is 0.780. The van der Waals surface area contributed by atoms with Gasteiger partial charge in [-0.3, -0.25) is 0 Å². The highest BCUT2D eigenvalue weighted by Gasteiger charge is 2.21. The Morgan fingerprint density at radius 3 is 2.44 bits per heavy atom. The van der Waals surface area contributed by atoms with E-state index in [0.29, 0.717) is 0 Å². The fourth-order valence-corrected chi connectivity index (χ4v) is 2.05. The molecule has 0 saturated heterocycles. The maximum atomic E-state index is 11.8. The summed E-state index contributed by atoms with van der Waals surface area (Å²) in [5.41, 5.74) is 0.431. The van der Waals surface area contributed by atoms with Gasteiger partial charge in [0.2, 0.25) is 5.01 Å². The standard InChI is InChI=1S/C13H14N2O2S/c1-13(2,3)17-12(16)11-15-14-10(18-11)9-7-5-4-6-8-9/h4-8H,1-3H3. The monoisotopic (exact) mass is 262 g/mol. The molecule has 0 fully saturated rings. The van der Waals surface area contributed by atoms with Gasteiger partial charge in [-0.05, 0) is 20.8 Å². The van der Waals surface area contributed by atoms with Crippen molar-refractivity contribution in [3.63, 3.8) is 0 Å². The van der Waals surface area contributed by atoms with E-state index in [9.17, 15) is 4.79 Å². The minimum absolute atomic E-state index is 0.281. The lowest BCUT2D eigenvalue weighted by Gasteiger charge is -2.17. The van der Waals surface area contributed by atoms with Crippen LogP contribution >= 0.6 is 11.3 Å². The highest BCUT2D eigenvalue weighted by atomic mass is 32.1. The second-order valence-corrected chi connectivity index (χ2v) is 5.76. The molecule has 0 aliphatic heterocycles. The predicted octanol–water partition coefficient (Wildman–Crippen LogP) is 3.16. The maximum absolute atomic E-state index is 11.8. The van der Waals surface area contributed by atoms with E-state index in [-0.39, 0.29) is 5.01 Å². The smallest absolute Gasteiger partial charge is 0.369 e. The number of hydrogen-bond donors (Lipinski definition) is 0. The van der Waals surface area contributed by atoms with Gasteiger partial charge in [0.25, 0.3) is 0 Å². The average molecular weight is 262 g/mol. The zero-order chi connectivity index (χ0) is 13.2. The van der Waals surface area contributed by atoms with E-state index in [4.69, 9.17) is 4.74 Å². The number of hydrogen-bond acceptors (Lipinski definition) is 5. The van der Waals surface area contributed by atoms with Crippen LogP contribution in [-0.2, 0) is 4.74 Å². The molecule has 0 spiro atoms. The molecule has 94 valence electrons. The molecule has 1 heterocycles. The molecule has 4 nitrogen and oxygen atoms in total. The highest BCUT2D eigenvalue weighted by molar-refractivity contribution is 7.16. The van der Waals surface area contributed by atoms with Gasteiger partial charge in [0.1, 0.15) is 10.6 Å². The second-order valence-electron chi connectivity index (χ2n) is 4.78. The van der Waals surface area contributed by atoms with Crippen molar-refractivity contribution in [2.24, 2.45) is 0 Å². The van der Waals surface area contributed by atoms with Crippen molar-refractivity contribution < 1.29 is 9.53 Å². The SMILES string of the molecule is CC(C)(C)OC(=O)c1nnc(-c2ccccc2)s1. The largest absolute Gasteiger partial charge is 0.455 e. The van der Waals surface area contributed by atoms with Gasteiger partial charge < -0.3 is 4.74 Å². The highest BCUT2D eigenvalue weighted by Crippen LogP contribution is 2.24. The molecule has 2 rings (SSSR count). The first kappa shape index (κ1) is 12.7. The lowest BCUT2D eigenvalue weighted by atomic mass is 10.2. The molecule has 0 aliphatic rings. The minimum Gasteiger partial charge on any atom is -0.455 e. The van der Waals surface area contributed by atoms with Crippen molar-refractivity contribution in [2.75, 3.05) is 0 Å². The predicted molar refractivity (Wildman–Crippen MR) is 70.5 cm³/mol. The number of ether oxygens (including phenoxy) is 1. The van der Waals surface area contributed by atoms with Crippen LogP contribution in [0.3, 0.4) is 0 Å². The third-order valence-electron chi connectivity index (χ3n) is 2.02. The summed E-state index contributed by atoms with van der Waals surface area (Å²) in [6.07, 6.45) is 0. The average Bonchev–Trinajstić information content (AvgIpc) is 2.77. The van der Waals surface area contributed by atoms with Crippen LogP contribution in [0, 0.1) is 0 Å². The summed E-state index contributed by atoms with van der Waals surface area (Å²) in [4.78, 5) is 11.8. The van der Waals surface area contributed by atoms with Crippen molar-refractivity contribution in [3.05, 3.63) is 35.3 Å². The van der Waals surface area contributed by atoms with Crippen molar-refractivity contribution in [1.29, 1.82) is 0 Å². The molecule has 0 amide bonds. The molecule has 5 heteroatoms. The first-order valence-electron chi connectivity index (χ1n) is 5.58. The molecular formula is C13H14N2O2S. The zero-order valence-electron chi connectivity index (χ0n) is 10.5. The molecule has 0 saturated carbocycles. The van der Waals surface area contributed by atoms with Gasteiger partial charge in [-0.2, -0.15) is 0 Å². The van der Waals surface area contributed by atoms with Crippen molar-refractivity contribution in [1.82, 2.24) is 10.2 Å². The summed E-state index contributed by atoms with van der Waals surface area (Å²) in [5.74, 6) is -0.429. The first-order valence-corrected chi connectivity index (χ1v) is 6.40. The second kappa shape index (κ2) is 4.86. The third-order valence-corrected chi connectivity index (χ3v) is 2.97. The van der Waals surface area contributed by atoms with Gasteiger partial charge in [-0.15, -0.1) is 10.2 Å². The van der Waals surface area contributed by atoms with E-state index in [1.807, 2.05) is 51.1 Å². The van der Waals surface area contributed by atoms with E-state index < -0.39 is 11.6 Å². The zero-order valence-corrected chi connectivity index (χ0v) is 11.3. The van der Waals surface area contributed by atoms with Gasteiger partial charge in [0.15, 0.2) is 0 Å². The van der Waals surface area contributed by atoms with Crippen LogP contribution in [0.25, 0.3) is 10.6 Å². The Morgan fingerprint density at radius 1 is 1.17 bits per heavy atom. The summed E-state index contributed by atoms with van der Waals surface area (Å²) in [6.45, 7) is 5.47. The number of carbonyl (C=O) groups is 1. The van der Waals surface area contributed by atoms with Crippen LogP contribution in [0.15, 0.2) is 30.3 Å². The summed E-state index contributed by atoms with van der Waals surface area (Å²) in [5, 5.41) is 8.88. The topological polar surface area (TPSA) is 52.1 Å². The van der Waals surface area contributed by atoms with Crippen molar-refractivity contribution in [3.8, 4) is 10.6 Å². The van der Waals surface area contributed by atoms with Crippen LogP contribution in [0.5, 0.6) is 0 Å². The Morgan fingerprint density at radius 2 is 1.83 bits per heavy atom. The van der Waals surface area contributed by atoms with Gasteiger partial charge in [0.05, 0.1) is 0 Å². The Kier molecular flexibility index (Phi) is 3.43. The lowest BCUT2D eigenvalue weighted by molar-refractivity contribution is 0.00683. The lowest BCUT2D eigenvalue weighted by Crippen LogP contribution is -2.23. The van der Waals surface area contributed by atoms with Crippen LogP contribution in [0.2, 0.25) is 0 Å². The number of aromatic nitrogens is 2. The Hall–Kier alpha value is -1.75. The molecular weight excluding hydrogens is 248 g/mol. The Labute approximate surface area is 110 Å². The van der Waals surface area contributed by atoms with Crippen molar-refractivity contribution in [2.45, 2.75) is 26.4 Å². The van der Waals surface area contributed by atoms with Crippen LogP contribution in [0.4, 0.5) is 0 Å². The maximum Gasteiger partial charge on any atom is 0.369 e. The fraction of sp³-hybridized carbons (Fsp3) is 0.308. The van der Waals surface area contributed by atoms with Crippen LogP contribution < -0.4 is 0 Å². The number of rotatable bonds is 2. The van der Waals surface area contributed by atoms with E-state index in [1.165, 1.54) is 11.3 Å².